The minimum atomic E-state index is -1.62. The molecule has 21 nitrogen and oxygen atoms in total. The van der Waals surface area contributed by atoms with Crippen LogP contribution in [0.4, 0.5) is 0 Å². The van der Waals surface area contributed by atoms with E-state index in [0.717, 1.165) is 0 Å². The molecule has 1 heterocycles. The largest absolute Gasteiger partial charge is 0.370 e. The molecule has 1 aliphatic heterocycles. The molecule has 10 atom stereocenters. The fourth-order valence-electron chi connectivity index (χ4n) is 7.55. The van der Waals surface area contributed by atoms with Crippen LogP contribution in [0.1, 0.15) is 149 Å². The zero-order chi connectivity index (χ0) is 52.6. The van der Waals surface area contributed by atoms with Gasteiger partial charge in [-0.15, -0.1) is 0 Å². The molecule has 0 aliphatic carbocycles. The third kappa shape index (κ3) is 17.5. The molecule has 10 amide bonds. The van der Waals surface area contributed by atoms with Crippen LogP contribution in [-0.4, -0.2) is 130 Å². The summed E-state index contributed by atoms with van der Waals surface area (Å²) in [6.45, 7) is 24.4. The topological polar surface area (TPSA) is 313 Å². The van der Waals surface area contributed by atoms with E-state index in [1.54, 1.807) is 41.5 Å². The van der Waals surface area contributed by atoms with Gasteiger partial charge in [0.15, 0.2) is 0 Å². The highest BCUT2D eigenvalue weighted by atomic mass is 16.2. The zero-order valence-corrected chi connectivity index (χ0v) is 43.0. The maximum absolute atomic E-state index is 14.3. The van der Waals surface area contributed by atoms with Crippen molar-refractivity contribution in [3.63, 3.8) is 0 Å². The van der Waals surface area contributed by atoms with E-state index in [0.29, 0.717) is 38.4 Å². The van der Waals surface area contributed by atoms with E-state index in [2.05, 4.69) is 42.5 Å². The van der Waals surface area contributed by atoms with Crippen LogP contribution in [0.25, 0.3) is 0 Å². The lowest BCUT2D eigenvalue weighted by Gasteiger charge is -2.36. The highest BCUT2D eigenvalue weighted by Gasteiger charge is 2.45. The van der Waals surface area contributed by atoms with Crippen LogP contribution in [0.3, 0.4) is 0 Å². The summed E-state index contributed by atoms with van der Waals surface area (Å²) in [6.07, 6.45) is 2.47. The summed E-state index contributed by atoms with van der Waals surface area (Å²) in [4.78, 5) is 147. The third-order valence-corrected chi connectivity index (χ3v) is 12.8. The van der Waals surface area contributed by atoms with Crippen LogP contribution >= 0.6 is 0 Å². The first-order valence-corrected chi connectivity index (χ1v) is 23.9. The molecule has 0 radical (unpaired) electrons. The highest BCUT2D eigenvalue weighted by Crippen LogP contribution is 2.24. The van der Waals surface area contributed by atoms with Crippen molar-refractivity contribution >= 4 is 65.4 Å². The second-order valence-corrected chi connectivity index (χ2v) is 20.1. The van der Waals surface area contributed by atoms with Crippen molar-refractivity contribution in [2.45, 2.75) is 202 Å². The molecule has 1 fully saturated rings. The number of amides is 10. The number of carbonyl (C=O) groups is 11. The Kier molecular flexibility index (Phi) is 23.3. The summed E-state index contributed by atoms with van der Waals surface area (Å²) in [7, 11) is 0. The number of nitrogens with two attached hydrogens (primary N) is 1. The Bertz CT molecular complexity index is 1850. The van der Waals surface area contributed by atoms with Crippen LogP contribution in [-0.2, 0) is 52.7 Å². The average Bonchev–Trinajstić information content (AvgIpc) is 3.75. The molecule has 0 aromatic rings. The molecule has 0 saturated carbocycles. The van der Waals surface area contributed by atoms with Crippen LogP contribution in [0.5, 0.6) is 0 Å². The first-order chi connectivity index (χ1) is 31.3. The molecule has 10 unspecified atom stereocenters. The van der Waals surface area contributed by atoms with E-state index >= 15 is 0 Å². The van der Waals surface area contributed by atoms with Crippen molar-refractivity contribution in [2.24, 2.45) is 29.4 Å². The summed E-state index contributed by atoms with van der Waals surface area (Å²) in [6, 6.07) is -7.12. The molecule has 10 N–H and O–H groups in total. The van der Waals surface area contributed by atoms with Gasteiger partial charge in [0.1, 0.15) is 53.6 Å². The van der Waals surface area contributed by atoms with E-state index in [1.807, 2.05) is 13.8 Å². The summed E-state index contributed by atoms with van der Waals surface area (Å²) in [5.41, 5.74) is 1.13. The van der Waals surface area contributed by atoms with Gasteiger partial charge in [0.2, 0.25) is 59.1 Å². The van der Waals surface area contributed by atoms with Crippen LogP contribution in [0, 0.1) is 23.7 Å². The van der Waals surface area contributed by atoms with E-state index in [9.17, 15) is 52.7 Å². The molecule has 1 rings (SSSR count). The van der Waals surface area contributed by atoms with Gasteiger partial charge in [-0.25, -0.2) is 0 Å². The van der Waals surface area contributed by atoms with Crippen LogP contribution in [0.2, 0.25) is 0 Å². The SMILES string of the molecule is CCC(C)C(NC(=O)C(CC(N)=O)NC(=O)C(C)(C)NC(C)=O)C(=O)NC(C(=O)NC(C)(C)C(=O)N1CCCC1C(=O)NC(C(=O)NC(C(=O)NC(C)(C)C=O)C(C)CC)C(C)CC)C(C)CC. The van der Waals surface area contributed by atoms with Gasteiger partial charge in [-0.1, -0.05) is 81.1 Å². The lowest BCUT2D eigenvalue weighted by Crippen LogP contribution is -2.64. The van der Waals surface area contributed by atoms with Crippen LogP contribution in [0.15, 0.2) is 0 Å². The molecule has 0 aromatic carbocycles. The number of hydrogen-bond acceptors (Lipinski definition) is 11. The van der Waals surface area contributed by atoms with Crippen molar-refractivity contribution in [3.05, 3.63) is 0 Å². The molecular formula is C47H82N10O11. The Morgan fingerprint density at radius 3 is 1.41 bits per heavy atom. The maximum atomic E-state index is 14.3. The maximum Gasteiger partial charge on any atom is 0.248 e. The van der Waals surface area contributed by atoms with Gasteiger partial charge in [-0.3, -0.25) is 47.9 Å². The van der Waals surface area contributed by atoms with Crippen molar-refractivity contribution in [1.82, 2.24) is 47.4 Å². The van der Waals surface area contributed by atoms with Crippen molar-refractivity contribution in [3.8, 4) is 0 Å². The van der Waals surface area contributed by atoms with Crippen molar-refractivity contribution in [1.29, 1.82) is 0 Å². The smallest absolute Gasteiger partial charge is 0.248 e. The number of nitrogens with one attached hydrogen (secondary N) is 8. The molecule has 386 valence electrons. The minimum Gasteiger partial charge on any atom is -0.370 e. The summed E-state index contributed by atoms with van der Waals surface area (Å²) < 4.78 is 0. The number of likely N-dealkylation sites (tertiary alicyclic amines) is 1. The summed E-state index contributed by atoms with van der Waals surface area (Å²) >= 11 is 0. The number of primary amides is 1. The second kappa shape index (κ2) is 26.2. The Hall–Kier alpha value is -5.63. The third-order valence-electron chi connectivity index (χ3n) is 12.8. The Balaban J connectivity index is 3.37. The quantitative estimate of drug-likeness (QED) is 0.0507. The average molecular weight is 963 g/mol. The van der Waals surface area contributed by atoms with Crippen molar-refractivity contribution in [2.75, 3.05) is 6.54 Å². The Morgan fingerprint density at radius 2 is 1.00 bits per heavy atom. The van der Waals surface area contributed by atoms with Gasteiger partial charge in [0.05, 0.1) is 12.0 Å². The number of hydrogen-bond donors (Lipinski definition) is 9. The van der Waals surface area contributed by atoms with Crippen molar-refractivity contribution < 1.29 is 52.7 Å². The predicted molar refractivity (Wildman–Crippen MR) is 254 cm³/mol. The zero-order valence-electron chi connectivity index (χ0n) is 43.0. The molecule has 0 bridgehead atoms. The molecule has 1 aliphatic rings. The van der Waals surface area contributed by atoms with Gasteiger partial charge in [-0.05, 0) is 78.1 Å². The fourth-order valence-corrected chi connectivity index (χ4v) is 7.55. The Morgan fingerprint density at radius 1 is 0.588 bits per heavy atom. The van der Waals surface area contributed by atoms with Gasteiger partial charge < -0.3 is 58.0 Å². The normalized spacial score (nSPS) is 18.0. The predicted octanol–water partition coefficient (Wildman–Crippen LogP) is 0.364. The van der Waals surface area contributed by atoms with Gasteiger partial charge in [0.25, 0.3) is 0 Å². The van der Waals surface area contributed by atoms with Crippen LogP contribution < -0.4 is 48.3 Å². The molecule has 0 spiro atoms. The Labute approximate surface area is 402 Å². The highest BCUT2D eigenvalue weighted by molar-refractivity contribution is 6.00. The number of rotatable bonds is 27. The first-order valence-electron chi connectivity index (χ1n) is 23.9. The molecule has 0 aromatic heterocycles. The molecule has 21 heteroatoms. The lowest BCUT2D eigenvalue weighted by molar-refractivity contribution is -0.146. The number of nitrogens with zero attached hydrogens (tertiary/aromatic N) is 1. The lowest BCUT2D eigenvalue weighted by atomic mass is 9.93. The van der Waals surface area contributed by atoms with E-state index in [-0.39, 0.29) is 24.8 Å². The number of aldehydes is 1. The fraction of sp³-hybridized carbons (Fsp3) is 0.766. The van der Waals surface area contributed by atoms with Gasteiger partial charge in [-0.2, -0.15) is 0 Å². The van der Waals surface area contributed by atoms with E-state index in [1.165, 1.54) is 53.4 Å². The van der Waals surface area contributed by atoms with E-state index in [4.69, 9.17) is 5.73 Å². The molecule has 1 saturated heterocycles. The number of carbonyl (C=O) groups excluding carboxylic acids is 11. The standard InChI is InChI=1S/C47H82N10O11/c1-16-25(5)33(50-37(61)30(23-32(48)60)49-43(67)46(12,13)54-29(9)59)39(63)53-36(28(8)19-4)42(66)56-47(14,15)44(68)57-22-20-21-31(57)38(62)51-34(26(6)17-2)40(64)52-35(27(7)18-3)41(65)55-45(10,11)24-58/h24-28,30-31,33-36H,16-23H2,1-15H3,(H2,48,60)(H,49,67)(H,50,61)(H,51,62)(H,52,64)(H,53,63)(H,54,59)(H,55,65)(H,56,66). The second-order valence-electron chi connectivity index (χ2n) is 20.1. The molecule has 68 heavy (non-hydrogen) atoms. The van der Waals surface area contributed by atoms with Gasteiger partial charge in [0, 0.05) is 13.5 Å². The first kappa shape index (κ1) is 60.4. The summed E-state index contributed by atoms with van der Waals surface area (Å²) in [5.74, 6) is -8.69. The van der Waals surface area contributed by atoms with E-state index < -0.39 is 130 Å². The van der Waals surface area contributed by atoms with Gasteiger partial charge >= 0.3 is 0 Å². The minimum absolute atomic E-state index is 0.170. The summed E-state index contributed by atoms with van der Waals surface area (Å²) in [5, 5.41) is 21.3. The molecular weight excluding hydrogens is 881 g/mol. The monoisotopic (exact) mass is 963 g/mol.